The van der Waals surface area contributed by atoms with Gasteiger partial charge in [0.15, 0.2) is 11.5 Å². The zero-order valence-corrected chi connectivity index (χ0v) is 14.0. The van der Waals surface area contributed by atoms with Crippen LogP contribution in [0.15, 0.2) is 30.5 Å². The van der Waals surface area contributed by atoms with Crippen LogP contribution < -0.4 is 19.5 Å². The van der Waals surface area contributed by atoms with Crippen LogP contribution in [-0.2, 0) is 11.3 Å². The van der Waals surface area contributed by atoms with Gasteiger partial charge in [0.25, 0.3) is 5.91 Å². The van der Waals surface area contributed by atoms with Crippen molar-refractivity contribution in [3.05, 3.63) is 47.3 Å². The number of hydrogen-bond acceptors (Lipinski definition) is 5. The van der Waals surface area contributed by atoms with E-state index in [2.05, 4.69) is 10.3 Å². The molecule has 3 rings (SSSR count). The molecule has 24 heavy (non-hydrogen) atoms. The van der Waals surface area contributed by atoms with Crippen LogP contribution in [0.3, 0.4) is 0 Å². The number of hydrogen-bond donors (Lipinski definition) is 1. The molecule has 1 aromatic carbocycles. The van der Waals surface area contributed by atoms with Crippen LogP contribution >= 0.6 is 0 Å². The molecule has 0 radical (unpaired) electrons. The largest absolute Gasteiger partial charge is 0.496 e. The average molecular weight is 328 g/mol. The van der Waals surface area contributed by atoms with Gasteiger partial charge in [-0.15, -0.1) is 0 Å². The van der Waals surface area contributed by atoms with E-state index in [4.69, 9.17) is 14.2 Å². The number of nitrogens with one attached hydrogen (secondary N) is 1. The highest BCUT2D eigenvalue weighted by molar-refractivity contribution is 5.81. The summed E-state index contributed by atoms with van der Waals surface area (Å²) in [5.74, 6) is 1.79. The van der Waals surface area contributed by atoms with Crippen LogP contribution in [-0.4, -0.2) is 30.7 Å². The number of carbonyl (C=O) groups is 1. The minimum atomic E-state index is -0.674. The van der Waals surface area contributed by atoms with Gasteiger partial charge in [0, 0.05) is 17.3 Å². The summed E-state index contributed by atoms with van der Waals surface area (Å²) in [5.41, 5.74) is 2.65. The van der Waals surface area contributed by atoms with Crippen LogP contribution in [0, 0.1) is 13.8 Å². The van der Waals surface area contributed by atoms with E-state index in [1.165, 1.54) is 0 Å². The third-order valence-electron chi connectivity index (χ3n) is 3.98. The van der Waals surface area contributed by atoms with Gasteiger partial charge in [0.05, 0.1) is 19.3 Å². The van der Waals surface area contributed by atoms with Crippen molar-refractivity contribution in [2.24, 2.45) is 0 Å². The minimum absolute atomic E-state index is 0.187. The van der Waals surface area contributed by atoms with Crippen molar-refractivity contribution in [2.45, 2.75) is 26.5 Å². The predicted molar refractivity (Wildman–Crippen MR) is 88.5 cm³/mol. The molecule has 0 bridgehead atoms. The Balaban J connectivity index is 1.65. The number of fused-ring (bicyclic) bond motifs is 1. The summed E-state index contributed by atoms with van der Waals surface area (Å²) in [7, 11) is 1.63. The summed E-state index contributed by atoms with van der Waals surface area (Å²) < 4.78 is 16.6. The molecule has 2 aromatic rings. The van der Waals surface area contributed by atoms with E-state index in [-0.39, 0.29) is 12.5 Å². The molecule has 0 spiro atoms. The Hall–Kier alpha value is -2.76. The molecule has 0 aliphatic carbocycles. The number of amides is 1. The maximum Gasteiger partial charge on any atom is 0.265 e. The normalized spacial score (nSPS) is 15.7. The molecule has 1 unspecified atom stereocenters. The lowest BCUT2D eigenvalue weighted by Gasteiger charge is -2.25. The highest BCUT2D eigenvalue weighted by Gasteiger charge is 2.27. The highest BCUT2D eigenvalue weighted by atomic mass is 16.6. The summed E-state index contributed by atoms with van der Waals surface area (Å²) in [6.45, 7) is 4.36. The fourth-order valence-electron chi connectivity index (χ4n) is 2.68. The van der Waals surface area contributed by atoms with Gasteiger partial charge in [-0.1, -0.05) is 12.1 Å². The molecule has 1 aliphatic heterocycles. The fraction of sp³-hybridized carbons (Fsp3) is 0.333. The molecule has 1 aromatic heterocycles. The van der Waals surface area contributed by atoms with Crippen molar-refractivity contribution in [2.75, 3.05) is 13.7 Å². The molecule has 0 saturated carbocycles. The third kappa shape index (κ3) is 3.13. The van der Waals surface area contributed by atoms with E-state index in [9.17, 15) is 4.79 Å². The zero-order chi connectivity index (χ0) is 17.1. The quantitative estimate of drug-likeness (QED) is 0.931. The predicted octanol–water partition coefficient (Wildman–Crippen LogP) is 2.16. The fourth-order valence-corrected chi connectivity index (χ4v) is 2.68. The molecule has 6 nitrogen and oxygen atoms in total. The zero-order valence-electron chi connectivity index (χ0n) is 14.0. The topological polar surface area (TPSA) is 69.7 Å². The van der Waals surface area contributed by atoms with Gasteiger partial charge < -0.3 is 19.5 Å². The van der Waals surface area contributed by atoms with Crippen LogP contribution in [0.2, 0.25) is 0 Å². The molecular formula is C18H20N2O4. The average Bonchev–Trinajstić information content (AvgIpc) is 2.61. The molecule has 0 fully saturated rings. The second kappa shape index (κ2) is 6.78. The number of aromatic nitrogens is 1. The lowest BCUT2D eigenvalue weighted by atomic mass is 10.1. The van der Waals surface area contributed by atoms with Crippen molar-refractivity contribution in [1.82, 2.24) is 10.3 Å². The third-order valence-corrected chi connectivity index (χ3v) is 3.98. The molecule has 126 valence electrons. The van der Waals surface area contributed by atoms with Gasteiger partial charge >= 0.3 is 0 Å². The molecule has 2 heterocycles. The first-order chi connectivity index (χ1) is 11.6. The summed E-state index contributed by atoms with van der Waals surface area (Å²) in [6, 6.07) is 7.30. The van der Waals surface area contributed by atoms with E-state index >= 15 is 0 Å². The van der Waals surface area contributed by atoms with E-state index in [0.29, 0.717) is 18.0 Å². The second-order valence-electron chi connectivity index (χ2n) is 5.63. The Bertz CT molecular complexity index is 761. The number of aryl methyl sites for hydroxylation is 1. The van der Waals surface area contributed by atoms with Gasteiger partial charge in [-0.2, -0.15) is 0 Å². The minimum Gasteiger partial charge on any atom is -0.496 e. The SMILES string of the molecule is COc1c(C)cnc(CNC(=O)C2COc3ccccc3O2)c1C. The Kier molecular flexibility index (Phi) is 4.55. The number of carbonyl (C=O) groups excluding carboxylic acids is 1. The molecule has 1 N–H and O–H groups in total. The van der Waals surface area contributed by atoms with Crippen molar-refractivity contribution in [3.8, 4) is 17.2 Å². The smallest absolute Gasteiger partial charge is 0.265 e. The lowest BCUT2D eigenvalue weighted by molar-refractivity contribution is -0.130. The molecule has 1 amide bonds. The number of para-hydroxylation sites is 2. The van der Waals surface area contributed by atoms with Crippen molar-refractivity contribution in [1.29, 1.82) is 0 Å². The first-order valence-electron chi connectivity index (χ1n) is 7.75. The summed E-state index contributed by atoms with van der Waals surface area (Å²) in [4.78, 5) is 16.7. The first-order valence-corrected chi connectivity index (χ1v) is 7.75. The van der Waals surface area contributed by atoms with Gasteiger partial charge in [0.2, 0.25) is 6.10 Å². The van der Waals surface area contributed by atoms with E-state index in [1.54, 1.807) is 19.4 Å². The van der Waals surface area contributed by atoms with E-state index in [1.807, 2.05) is 32.0 Å². The second-order valence-corrected chi connectivity index (χ2v) is 5.63. The molecule has 1 aliphatic rings. The van der Waals surface area contributed by atoms with Crippen LogP contribution in [0.25, 0.3) is 0 Å². The number of nitrogens with zero attached hydrogens (tertiary/aromatic N) is 1. The summed E-state index contributed by atoms with van der Waals surface area (Å²) in [6.07, 6.45) is 1.07. The first kappa shape index (κ1) is 16.1. The Morgan fingerprint density at radius 2 is 2.08 bits per heavy atom. The standard InChI is InChI=1S/C18H20N2O4/c1-11-8-19-13(12(2)17(11)22-3)9-20-18(21)16-10-23-14-6-4-5-7-15(14)24-16/h4-8,16H,9-10H2,1-3H3,(H,20,21). The van der Waals surface area contributed by atoms with Crippen molar-refractivity contribution < 1.29 is 19.0 Å². The number of methoxy groups -OCH3 is 1. The van der Waals surface area contributed by atoms with E-state index in [0.717, 1.165) is 22.6 Å². The highest BCUT2D eigenvalue weighted by Crippen LogP contribution is 2.31. The van der Waals surface area contributed by atoms with Gasteiger partial charge in [-0.05, 0) is 26.0 Å². The van der Waals surface area contributed by atoms with Crippen molar-refractivity contribution in [3.63, 3.8) is 0 Å². The number of pyridine rings is 1. The van der Waals surface area contributed by atoms with Gasteiger partial charge in [0.1, 0.15) is 12.4 Å². The lowest BCUT2D eigenvalue weighted by Crippen LogP contribution is -2.43. The maximum atomic E-state index is 12.3. The number of rotatable bonds is 4. The van der Waals surface area contributed by atoms with Crippen LogP contribution in [0.5, 0.6) is 17.2 Å². The van der Waals surface area contributed by atoms with Crippen molar-refractivity contribution >= 4 is 5.91 Å². The number of benzene rings is 1. The summed E-state index contributed by atoms with van der Waals surface area (Å²) in [5, 5.41) is 2.85. The Labute approximate surface area is 140 Å². The summed E-state index contributed by atoms with van der Waals surface area (Å²) >= 11 is 0. The Morgan fingerprint density at radius 3 is 2.83 bits per heavy atom. The molecular weight excluding hydrogens is 308 g/mol. The Morgan fingerprint density at radius 1 is 1.33 bits per heavy atom. The number of ether oxygens (including phenoxy) is 3. The van der Waals surface area contributed by atoms with Gasteiger partial charge in [-0.25, -0.2) is 0 Å². The van der Waals surface area contributed by atoms with E-state index < -0.39 is 6.10 Å². The van der Waals surface area contributed by atoms with Crippen LogP contribution in [0.1, 0.15) is 16.8 Å². The molecule has 1 atom stereocenters. The van der Waals surface area contributed by atoms with Crippen LogP contribution in [0.4, 0.5) is 0 Å². The maximum absolute atomic E-state index is 12.3. The monoisotopic (exact) mass is 328 g/mol. The molecule has 6 heteroatoms. The molecule has 0 saturated heterocycles. The van der Waals surface area contributed by atoms with Gasteiger partial charge in [-0.3, -0.25) is 9.78 Å².